The Balaban J connectivity index is 2.20. The quantitative estimate of drug-likeness (QED) is 0.830. The van der Waals surface area contributed by atoms with Gasteiger partial charge in [-0.2, -0.15) is 0 Å². The Morgan fingerprint density at radius 3 is 3.11 bits per heavy atom. The highest BCUT2D eigenvalue weighted by Gasteiger charge is 2.42. The SMILES string of the molecule is COCCNC1(c2nc(C)cs2)CCOCC1C. The fourth-order valence-corrected chi connectivity index (χ4v) is 3.59. The van der Waals surface area contributed by atoms with Crippen molar-refractivity contribution in [2.45, 2.75) is 25.8 Å². The molecule has 1 saturated heterocycles. The van der Waals surface area contributed by atoms with E-state index in [9.17, 15) is 0 Å². The second kappa shape index (κ2) is 6.10. The van der Waals surface area contributed by atoms with Gasteiger partial charge in [0.05, 0.1) is 18.8 Å². The first kappa shape index (κ1) is 13.9. The molecule has 2 unspecified atom stereocenters. The van der Waals surface area contributed by atoms with E-state index >= 15 is 0 Å². The lowest BCUT2D eigenvalue weighted by atomic mass is 9.81. The Morgan fingerprint density at radius 2 is 2.50 bits per heavy atom. The van der Waals surface area contributed by atoms with Gasteiger partial charge in [0.1, 0.15) is 5.01 Å². The Labute approximate surface area is 113 Å². The van der Waals surface area contributed by atoms with E-state index in [4.69, 9.17) is 14.5 Å². The normalized spacial score (nSPS) is 28.5. The van der Waals surface area contributed by atoms with Crippen molar-refractivity contribution in [2.75, 3.05) is 33.5 Å². The Kier molecular flexibility index (Phi) is 4.72. The highest BCUT2D eigenvalue weighted by atomic mass is 32.1. The number of thiazole rings is 1. The average molecular weight is 270 g/mol. The van der Waals surface area contributed by atoms with Crippen LogP contribution in [0.3, 0.4) is 0 Å². The van der Waals surface area contributed by atoms with E-state index in [1.807, 2.05) is 6.92 Å². The van der Waals surface area contributed by atoms with E-state index in [-0.39, 0.29) is 5.54 Å². The fourth-order valence-electron chi connectivity index (χ4n) is 2.47. The largest absolute Gasteiger partial charge is 0.383 e. The van der Waals surface area contributed by atoms with Gasteiger partial charge < -0.3 is 14.8 Å². The summed E-state index contributed by atoms with van der Waals surface area (Å²) in [6.07, 6.45) is 0.977. The molecule has 1 N–H and O–H groups in total. The average Bonchev–Trinajstić information content (AvgIpc) is 2.79. The van der Waals surface area contributed by atoms with Gasteiger partial charge in [0.25, 0.3) is 0 Å². The highest BCUT2D eigenvalue weighted by molar-refractivity contribution is 7.09. The van der Waals surface area contributed by atoms with Crippen LogP contribution < -0.4 is 5.32 Å². The molecule has 0 spiro atoms. The number of methoxy groups -OCH3 is 1. The smallest absolute Gasteiger partial charge is 0.113 e. The molecule has 5 heteroatoms. The summed E-state index contributed by atoms with van der Waals surface area (Å²) in [5.41, 5.74) is 1.05. The first-order valence-corrected chi connectivity index (χ1v) is 7.31. The molecule has 0 aliphatic carbocycles. The van der Waals surface area contributed by atoms with Crippen molar-refractivity contribution in [1.82, 2.24) is 10.3 Å². The zero-order chi connectivity index (χ0) is 13.0. The van der Waals surface area contributed by atoms with Crippen LogP contribution in [0.5, 0.6) is 0 Å². The molecule has 1 fully saturated rings. The summed E-state index contributed by atoms with van der Waals surface area (Å²) < 4.78 is 10.7. The molecule has 2 rings (SSSR count). The third kappa shape index (κ3) is 2.74. The van der Waals surface area contributed by atoms with Gasteiger partial charge in [-0.15, -0.1) is 11.3 Å². The molecule has 0 bridgehead atoms. The number of hydrogen-bond acceptors (Lipinski definition) is 5. The molecule has 1 aliphatic rings. The molecular formula is C13H22N2O2S. The van der Waals surface area contributed by atoms with E-state index in [2.05, 4.69) is 17.6 Å². The minimum absolute atomic E-state index is 0.0459. The van der Waals surface area contributed by atoms with E-state index in [0.29, 0.717) is 5.92 Å². The minimum Gasteiger partial charge on any atom is -0.383 e. The molecule has 1 aromatic heterocycles. The van der Waals surface area contributed by atoms with Crippen LogP contribution in [0, 0.1) is 12.8 Å². The zero-order valence-corrected chi connectivity index (χ0v) is 12.2. The van der Waals surface area contributed by atoms with Crippen molar-refractivity contribution in [3.05, 3.63) is 16.1 Å². The molecule has 18 heavy (non-hydrogen) atoms. The van der Waals surface area contributed by atoms with Crippen LogP contribution in [0.4, 0.5) is 0 Å². The molecule has 2 heterocycles. The fraction of sp³-hybridized carbons (Fsp3) is 0.769. The van der Waals surface area contributed by atoms with Gasteiger partial charge in [-0.3, -0.25) is 0 Å². The summed E-state index contributed by atoms with van der Waals surface area (Å²) in [7, 11) is 1.73. The molecule has 102 valence electrons. The zero-order valence-electron chi connectivity index (χ0n) is 11.4. The van der Waals surface area contributed by atoms with E-state index in [1.54, 1.807) is 18.4 Å². The molecule has 4 nitrogen and oxygen atoms in total. The molecule has 1 aliphatic heterocycles. The predicted molar refractivity (Wildman–Crippen MR) is 73.0 cm³/mol. The van der Waals surface area contributed by atoms with Gasteiger partial charge in [-0.25, -0.2) is 4.98 Å². The summed E-state index contributed by atoms with van der Waals surface area (Å²) in [4.78, 5) is 4.70. The van der Waals surface area contributed by atoms with Crippen LogP contribution in [0.15, 0.2) is 5.38 Å². The van der Waals surface area contributed by atoms with Gasteiger partial charge in [-0.05, 0) is 13.3 Å². The van der Waals surface area contributed by atoms with Gasteiger partial charge in [0.15, 0.2) is 0 Å². The lowest BCUT2D eigenvalue weighted by Crippen LogP contribution is -2.53. The van der Waals surface area contributed by atoms with E-state index in [0.717, 1.165) is 38.5 Å². The standard InChI is InChI=1S/C13H22N2O2S/c1-10-8-17-6-4-13(10,14-5-7-16-3)12-15-11(2)9-18-12/h9-10,14H,4-8H2,1-3H3. The van der Waals surface area contributed by atoms with Crippen LogP contribution in [-0.4, -0.2) is 38.5 Å². The maximum Gasteiger partial charge on any atom is 0.113 e. The number of rotatable bonds is 5. The van der Waals surface area contributed by atoms with Gasteiger partial charge in [0.2, 0.25) is 0 Å². The lowest BCUT2D eigenvalue weighted by molar-refractivity contribution is -0.0114. The van der Waals surface area contributed by atoms with Crippen molar-refractivity contribution < 1.29 is 9.47 Å². The summed E-state index contributed by atoms with van der Waals surface area (Å²) in [5, 5.41) is 6.97. The molecule has 0 saturated carbocycles. The first-order chi connectivity index (χ1) is 8.69. The number of ether oxygens (including phenoxy) is 2. The number of aryl methyl sites for hydroxylation is 1. The minimum atomic E-state index is -0.0459. The number of aromatic nitrogens is 1. The number of nitrogens with zero attached hydrogens (tertiary/aromatic N) is 1. The van der Waals surface area contributed by atoms with Gasteiger partial charge in [-0.1, -0.05) is 6.92 Å². The summed E-state index contributed by atoms with van der Waals surface area (Å²) in [5.74, 6) is 0.425. The molecule has 1 aromatic rings. The molecular weight excluding hydrogens is 248 g/mol. The summed E-state index contributed by atoms with van der Waals surface area (Å²) in [6, 6.07) is 0. The summed E-state index contributed by atoms with van der Waals surface area (Å²) >= 11 is 1.75. The van der Waals surface area contributed by atoms with Crippen molar-refractivity contribution in [1.29, 1.82) is 0 Å². The highest BCUT2D eigenvalue weighted by Crippen LogP contribution is 2.38. The third-order valence-electron chi connectivity index (χ3n) is 3.60. The second-order valence-corrected chi connectivity index (χ2v) is 5.77. The monoisotopic (exact) mass is 270 g/mol. The Hall–Kier alpha value is -0.490. The van der Waals surface area contributed by atoms with Crippen LogP contribution in [0.2, 0.25) is 0 Å². The molecule has 2 atom stereocenters. The Morgan fingerprint density at radius 1 is 1.67 bits per heavy atom. The van der Waals surface area contributed by atoms with Crippen molar-refractivity contribution in [3.63, 3.8) is 0 Å². The first-order valence-electron chi connectivity index (χ1n) is 6.43. The lowest BCUT2D eigenvalue weighted by Gasteiger charge is -2.41. The predicted octanol–water partition coefficient (Wildman–Crippen LogP) is 1.94. The molecule has 0 amide bonds. The molecule has 0 aromatic carbocycles. The Bertz CT molecular complexity index is 383. The number of hydrogen-bond donors (Lipinski definition) is 1. The van der Waals surface area contributed by atoms with Crippen LogP contribution >= 0.6 is 11.3 Å². The van der Waals surface area contributed by atoms with Crippen LogP contribution in [0.1, 0.15) is 24.0 Å². The van der Waals surface area contributed by atoms with E-state index in [1.165, 1.54) is 5.01 Å². The van der Waals surface area contributed by atoms with Crippen LogP contribution in [0.25, 0.3) is 0 Å². The summed E-state index contributed by atoms with van der Waals surface area (Å²) in [6.45, 7) is 7.43. The van der Waals surface area contributed by atoms with Gasteiger partial charge in [0, 0.05) is 37.3 Å². The van der Waals surface area contributed by atoms with Crippen molar-refractivity contribution in [3.8, 4) is 0 Å². The van der Waals surface area contributed by atoms with Crippen molar-refractivity contribution >= 4 is 11.3 Å². The maximum atomic E-state index is 5.58. The second-order valence-electron chi connectivity index (χ2n) is 4.91. The maximum absolute atomic E-state index is 5.58. The number of nitrogens with one attached hydrogen (secondary N) is 1. The molecule has 0 radical (unpaired) electrons. The van der Waals surface area contributed by atoms with Crippen molar-refractivity contribution in [2.24, 2.45) is 5.92 Å². The van der Waals surface area contributed by atoms with Crippen LogP contribution in [-0.2, 0) is 15.0 Å². The third-order valence-corrected chi connectivity index (χ3v) is 4.73. The topological polar surface area (TPSA) is 43.4 Å². The van der Waals surface area contributed by atoms with E-state index < -0.39 is 0 Å². The van der Waals surface area contributed by atoms with Gasteiger partial charge >= 0.3 is 0 Å².